The van der Waals surface area contributed by atoms with E-state index in [1.165, 1.54) is 16.3 Å². The number of carbonyl (C=O) groups excluding carboxylic acids is 1. The second-order valence-corrected chi connectivity index (χ2v) is 9.27. The number of halogens is 1. The van der Waals surface area contributed by atoms with Crippen molar-refractivity contribution < 1.29 is 4.79 Å². The molecule has 34 heavy (non-hydrogen) atoms. The van der Waals surface area contributed by atoms with Crippen LogP contribution in [0.5, 0.6) is 0 Å². The molecule has 168 valence electrons. The predicted octanol–water partition coefficient (Wildman–Crippen LogP) is 6.36. The van der Waals surface area contributed by atoms with E-state index in [1.54, 1.807) is 0 Å². The van der Waals surface area contributed by atoms with E-state index in [2.05, 4.69) is 4.98 Å². The Balaban J connectivity index is 1.53. The number of benzene rings is 3. The Morgan fingerprint density at radius 1 is 0.912 bits per heavy atom. The average Bonchev–Trinajstić information content (AvgIpc) is 3.46. The number of hydrogen-bond donors (Lipinski definition) is 0. The largest absolute Gasteiger partial charge is 0.378 e. The number of hydrogen-bond acceptors (Lipinski definition) is 5. The maximum Gasteiger partial charge on any atom is 0.283 e. The van der Waals surface area contributed by atoms with Gasteiger partial charge < -0.3 is 4.90 Å². The van der Waals surface area contributed by atoms with Crippen molar-refractivity contribution in [3.8, 4) is 11.3 Å². The predicted molar refractivity (Wildman–Crippen MR) is 142 cm³/mol. The minimum atomic E-state index is -0.201. The van der Waals surface area contributed by atoms with Crippen molar-refractivity contribution in [2.45, 2.75) is 0 Å². The molecule has 0 N–H and O–H groups in total. The first-order valence-corrected chi connectivity index (χ1v) is 11.9. The first-order valence-electron chi connectivity index (χ1n) is 10.7. The Kier molecular flexibility index (Phi) is 6.01. The van der Waals surface area contributed by atoms with Gasteiger partial charge in [-0.1, -0.05) is 66.2 Å². The monoisotopic (exact) mass is 484 g/mol. The zero-order chi connectivity index (χ0) is 23.7. The topological polar surface area (TPSA) is 48.8 Å². The lowest BCUT2D eigenvalue weighted by Crippen LogP contribution is -2.21. The minimum absolute atomic E-state index is 0.201. The van der Waals surface area contributed by atoms with Gasteiger partial charge in [0.25, 0.3) is 5.91 Å². The van der Waals surface area contributed by atoms with Gasteiger partial charge in [0, 0.05) is 41.3 Å². The van der Waals surface area contributed by atoms with Crippen LogP contribution in [0.1, 0.15) is 11.1 Å². The molecular formula is C27H21ClN4OS. The van der Waals surface area contributed by atoms with Crippen LogP contribution in [-0.4, -0.2) is 30.7 Å². The summed E-state index contributed by atoms with van der Waals surface area (Å²) >= 11 is 7.39. The first kappa shape index (κ1) is 22.1. The number of amides is 1. The normalized spacial score (nSPS) is 14.6. The van der Waals surface area contributed by atoms with Gasteiger partial charge in [-0.3, -0.25) is 4.79 Å². The van der Waals surface area contributed by atoms with Gasteiger partial charge >= 0.3 is 0 Å². The Labute approximate surface area is 207 Å². The quantitative estimate of drug-likeness (QED) is 0.309. The van der Waals surface area contributed by atoms with Gasteiger partial charge in [-0.15, -0.1) is 11.3 Å². The third kappa shape index (κ3) is 4.38. The number of rotatable bonds is 5. The molecular weight excluding hydrogens is 464 g/mol. The van der Waals surface area contributed by atoms with Crippen molar-refractivity contribution in [1.82, 2.24) is 4.98 Å². The summed E-state index contributed by atoms with van der Waals surface area (Å²) in [6.07, 6.45) is 1.89. The van der Waals surface area contributed by atoms with Crippen LogP contribution in [0, 0.1) is 0 Å². The molecule has 1 amide bonds. The lowest BCUT2D eigenvalue weighted by atomic mass is 10.0. The highest BCUT2D eigenvalue weighted by Crippen LogP contribution is 2.33. The molecule has 0 radical (unpaired) electrons. The number of anilines is 2. The molecule has 1 aromatic heterocycles. The van der Waals surface area contributed by atoms with Gasteiger partial charge in [0.15, 0.2) is 0 Å². The van der Waals surface area contributed by atoms with E-state index in [1.807, 2.05) is 109 Å². The lowest BCUT2D eigenvalue weighted by Gasteiger charge is -2.12. The Morgan fingerprint density at radius 2 is 1.62 bits per heavy atom. The number of hydrazone groups is 1. The second kappa shape index (κ2) is 9.25. The molecule has 4 aromatic rings. The minimum Gasteiger partial charge on any atom is -0.378 e. The molecule has 0 aliphatic carbocycles. The lowest BCUT2D eigenvalue weighted by molar-refractivity contribution is -0.114. The molecule has 0 saturated carbocycles. The third-order valence-corrected chi connectivity index (χ3v) is 6.53. The number of carbonyl (C=O) groups is 1. The van der Waals surface area contributed by atoms with Crippen LogP contribution in [-0.2, 0) is 4.79 Å². The maximum absolute atomic E-state index is 13.5. The van der Waals surface area contributed by atoms with Crippen LogP contribution in [0.3, 0.4) is 0 Å². The molecule has 2 heterocycles. The summed E-state index contributed by atoms with van der Waals surface area (Å²) in [6.45, 7) is 0. The molecule has 5 nitrogen and oxygen atoms in total. The highest BCUT2D eigenvalue weighted by atomic mass is 35.5. The highest BCUT2D eigenvalue weighted by molar-refractivity contribution is 7.14. The van der Waals surface area contributed by atoms with Crippen molar-refractivity contribution in [1.29, 1.82) is 0 Å². The van der Waals surface area contributed by atoms with Gasteiger partial charge in [-0.25, -0.2) is 4.98 Å². The van der Waals surface area contributed by atoms with E-state index >= 15 is 0 Å². The van der Waals surface area contributed by atoms with Crippen LogP contribution in [0.2, 0.25) is 5.02 Å². The second-order valence-electron chi connectivity index (χ2n) is 8.00. The molecule has 1 aliphatic rings. The maximum atomic E-state index is 13.5. The summed E-state index contributed by atoms with van der Waals surface area (Å²) < 4.78 is 0. The number of nitrogens with zero attached hydrogens (tertiary/aromatic N) is 4. The molecule has 0 bridgehead atoms. The molecule has 0 atom stereocenters. The molecule has 0 spiro atoms. The van der Waals surface area contributed by atoms with Crippen molar-refractivity contribution in [3.63, 3.8) is 0 Å². The summed E-state index contributed by atoms with van der Waals surface area (Å²) in [5.41, 5.74) is 5.78. The smallest absolute Gasteiger partial charge is 0.283 e. The Morgan fingerprint density at radius 3 is 2.29 bits per heavy atom. The van der Waals surface area contributed by atoms with Crippen LogP contribution < -0.4 is 9.91 Å². The SMILES string of the molecule is CN(C)c1ccc(C=C2C(=O)N(c3nc(-c4ccc(Cl)cc4)cs3)N=C2c2ccccc2)cc1. The standard InChI is InChI=1S/C27H21ClN4OS/c1-31(2)22-14-8-18(9-15-22)16-23-25(20-6-4-3-5-7-20)30-32(26(23)33)27-29-24(17-34-27)19-10-12-21(28)13-11-19/h3-17H,1-2H3. The van der Waals surface area contributed by atoms with E-state index < -0.39 is 0 Å². The zero-order valence-corrected chi connectivity index (χ0v) is 20.2. The average molecular weight is 485 g/mol. The molecule has 1 aliphatic heterocycles. The van der Waals surface area contributed by atoms with Crippen molar-refractivity contribution in [2.24, 2.45) is 5.10 Å². The van der Waals surface area contributed by atoms with Gasteiger partial charge in [0.2, 0.25) is 5.13 Å². The fourth-order valence-electron chi connectivity index (χ4n) is 3.63. The molecule has 0 fully saturated rings. The summed E-state index contributed by atoms with van der Waals surface area (Å²) in [4.78, 5) is 20.3. The van der Waals surface area contributed by atoms with Crippen molar-refractivity contribution >= 4 is 51.5 Å². The van der Waals surface area contributed by atoms with Gasteiger partial charge in [-0.2, -0.15) is 10.1 Å². The van der Waals surface area contributed by atoms with Crippen LogP contribution in [0.4, 0.5) is 10.8 Å². The number of thiazole rings is 1. The molecule has 0 unspecified atom stereocenters. The summed E-state index contributed by atoms with van der Waals surface area (Å²) in [5.74, 6) is -0.201. The molecule has 0 saturated heterocycles. The van der Waals surface area contributed by atoms with Gasteiger partial charge in [0.1, 0.15) is 5.71 Å². The molecule has 5 rings (SSSR count). The van der Waals surface area contributed by atoms with E-state index in [4.69, 9.17) is 16.7 Å². The van der Waals surface area contributed by atoms with Gasteiger partial charge in [-0.05, 0) is 35.9 Å². The van der Waals surface area contributed by atoms with Crippen molar-refractivity contribution in [2.75, 3.05) is 24.0 Å². The highest BCUT2D eigenvalue weighted by Gasteiger charge is 2.33. The Bertz CT molecular complexity index is 1390. The summed E-state index contributed by atoms with van der Waals surface area (Å²) in [5, 5.41) is 9.21. The van der Waals surface area contributed by atoms with E-state index in [0.717, 1.165) is 28.1 Å². The zero-order valence-electron chi connectivity index (χ0n) is 18.6. The fraction of sp³-hybridized carbons (Fsp3) is 0.0741. The number of aromatic nitrogens is 1. The third-order valence-electron chi connectivity index (χ3n) is 5.46. The molecule has 3 aromatic carbocycles. The van der Waals surface area contributed by atoms with Gasteiger partial charge in [0.05, 0.1) is 11.3 Å². The van der Waals surface area contributed by atoms with Crippen LogP contribution in [0.15, 0.2) is 94.9 Å². The summed E-state index contributed by atoms with van der Waals surface area (Å²) in [7, 11) is 4.00. The van der Waals surface area contributed by atoms with E-state index in [0.29, 0.717) is 21.4 Å². The first-order chi connectivity index (χ1) is 16.5. The molecule has 7 heteroatoms. The van der Waals surface area contributed by atoms with E-state index in [9.17, 15) is 4.79 Å². The van der Waals surface area contributed by atoms with Crippen molar-refractivity contribution in [3.05, 3.63) is 106 Å². The fourth-order valence-corrected chi connectivity index (χ4v) is 4.54. The van der Waals surface area contributed by atoms with E-state index in [-0.39, 0.29) is 5.91 Å². The van der Waals surface area contributed by atoms with Crippen LogP contribution in [0.25, 0.3) is 17.3 Å². The van der Waals surface area contributed by atoms with Crippen LogP contribution >= 0.6 is 22.9 Å². The Hall–Kier alpha value is -3.74. The summed E-state index contributed by atoms with van der Waals surface area (Å²) in [6, 6.07) is 25.3.